The van der Waals surface area contributed by atoms with E-state index in [4.69, 9.17) is 4.74 Å². The maximum absolute atomic E-state index is 12.3. The number of morpholine rings is 1. The van der Waals surface area contributed by atoms with Crippen LogP contribution in [0, 0.1) is 0 Å². The number of hydrogen-bond donors (Lipinski definition) is 1. The molecule has 3 rings (SSSR count). The van der Waals surface area contributed by atoms with Gasteiger partial charge >= 0.3 is 0 Å². The number of hydrogen-bond acceptors (Lipinski definition) is 4. The van der Waals surface area contributed by atoms with Crippen LogP contribution in [0.5, 0.6) is 0 Å². The number of carbonyl (C=O) groups is 1. The third-order valence-electron chi connectivity index (χ3n) is 4.19. The zero-order valence-corrected chi connectivity index (χ0v) is 14.0. The molecule has 6 heteroatoms. The van der Waals surface area contributed by atoms with Gasteiger partial charge in [0.05, 0.1) is 19.3 Å². The van der Waals surface area contributed by atoms with Gasteiger partial charge in [-0.15, -0.1) is 0 Å². The van der Waals surface area contributed by atoms with Gasteiger partial charge in [0.25, 0.3) is 5.91 Å². The van der Waals surface area contributed by atoms with Crippen LogP contribution in [0.1, 0.15) is 22.3 Å². The van der Waals surface area contributed by atoms with E-state index in [0.29, 0.717) is 18.7 Å². The summed E-state index contributed by atoms with van der Waals surface area (Å²) in [5.74, 6) is -0.0403. The third-order valence-corrected chi connectivity index (χ3v) is 4.19. The van der Waals surface area contributed by atoms with Gasteiger partial charge in [0.1, 0.15) is 0 Å². The first-order chi connectivity index (χ1) is 11.7. The Kier molecular flexibility index (Phi) is 5.61. The molecule has 1 aliphatic heterocycles. The number of likely N-dealkylation sites (N-methyl/N-ethyl adjacent to an activating group) is 1. The van der Waals surface area contributed by atoms with Crippen LogP contribution in [-0.2, 0) is 11.3 Å². The number of ether oxygens (including phenoxy) is 1. The number of amides is 1. The van der Waals surface area contributed by atoms with Crippen molar-refractivity contribution in [3.8, 4) is 0 Å². The zero-order chi connectivity index (χ0) is 16.8. The van der Waals surface area contributed by atoms with Crippen LogP contribution >= 0.6 is 0 Å². The Balaban J connectivity index is 1.49. The highest BCUT2D eigenvalue weighted by atomic mass is 16.5. The van der Waals surface area contributed by atoms with E-state index in [-0.39, 0.29) is 12.0 Å². The van der Waals surface area contributed by atoms with Gasteiger partial charge < -0.3 is 15.0 Å². The molecule has 128 valence electrons. The van der Waals surface area contributed by atoms with Gasteiger partial charge in [0.2, 0.25) is 0 Å². The molecule has 2 heterocycles. The van der Waals surface area contributed by atoms with Crippen molar-refractivity contribution in [1.82, 2.24) is 20.0 Å². The second kappa shape index (κ2) is 8.08. The van der Waals surface area contributed by atoms with Gasteiger partial charge in [-0.2, -0.15) is 5.10 Å². The highest BCUT2D eigenvalue weighted by Crippen LogP contribution is 2.08. The molecule has 1 saturated heterocycles. The number of carbonyl (C=O) groups excluding carboxylic acids is 1. The molecule has 0 unspecified atom stereocenters. The first kappa shape index (κ1) is 16.7. The van der Waals surface area contributed by atoms with E-state index >= 15 is 0 Å². The van der Waals surface area contributed by atoms with E-state index in [1.165, 1.54) is 0 Å². The summed E-state index contributed by atoms with van der Waals surface area (Å²) in [6.45, 7) is 3.96. The van der Waals surface area contributed by atoms with Crippen LogP contribution < -0.4 is 5.32 Å². The lowest BCUT2D eigenvalue weighted by Gasteiger charge is -2.30. The Labute approximate surface area is 142 Å². The van der Waals surface area contributed by atoms with Gasteiger partial charge in [-0.3, -0.25) is 9.48 Å². The molecule has 0 bridgehead atoms. The van der Waals surface area contributed by atoms with Crippen LogP contribution in [0.25, 0.3) is 0 Å². The van der Waals surface area contributed by atoms with Crippen molar-refractivity contribution >= 4 is 5.91 Å². The second-order valence-electron chi connectivity index (χ2n) is 6.20. The quantitative estimate of drug-likeness (QED) is 0.870. The Hall–Kier alpha value is -2.18. The van der Waals surface area contributed by atoms with Crippen molar-refractivity contribution < 1.29 is 9.53 Å². The lowest BCUT2D eigenvalue weighted by atomic mass is 10.1. The summed E-state index contributed by atoms with van der Waals surface area (Å²) in [6, 6.07) is 9.56. The molecule has 1 aromatic carbocycles. The Bertz CT molecular complexity index is 657. The fourth-order valence-electron chi connectivity index (χ4n) is 2.88. The first-order valence-electron chi connectivity index (χ1n) is 8.35. The lowest BCUT2D eigenvalue weighted by Crippen LogP contribution is -2.41. The molecule has 1 fully saturated rings. The van der Waals surface area contributed by atoms with E-state index in [1.807, 2.05) is 41.2 Å². The normalized spacial score (nSPS) is 18.5. The van der Waals surface area contributed by atoms with Gasteiger partial charge in [-0.05, 0) is 37.2 Å². The smallest absolute Gasteiger partial charge is 0.251 e. The predicted octanol–water partition coefficient (Wildman–Crippen LogP) is 1.38. The molecule has 1 amide bonds. The number of nitrogens with zero attached hydrogens (tertiary/aromatic N) is 3. The van der Waals surface area contributed by atoms with E-state index in [1.54, 1.807) is 6.20 Å². The van der Waals surface area contributed by atoms with Crippen LogP contribution in [-0.4, -0.2) is 60.0 Å². The van der Waals surface area contributed by atoms with Crippen LogP contribution in [0.4, 0.5) is 0 Å². The molecule has 0 aliphatic carbocycles. The summed E-state index contributed by atoms with van der Waals surface area (Å²) in [5, 5.41) is 7.18. The number of benzene rings is 1. The number of nitrogens with one attached hydrogen (secondary N) is 1. The minimum atomic E-state index is -0.0403. The molecule has 1 N–H and O–H groups in total. The molecular weight excluding hydrogens is 304 g/mol. The molecule has 6 nitrogen and oxygen atoms in total. The molecule has 0 radical (unpaired) electrons. The predicted molar refractivity (Wildman–Crippen MR) is 92.0 cm³/mol. The maximum Gasteiger partial charge on any atom is 0.251 e. The van der Waals surface area contributed by atoms with Crippen molar-refractivity contribution in [3.63, 3.8) is 0 Å². The molecule has 24 heavy (non-hydrogen) atoms. The average molecular weight is 328 g/mol. The summed E-state index contributed by atoms with van der Waals surface area (Å²) in [4.78, 5) is 14.6. The summed E-state index contributed by atoms with van der Waals surface area (Å²) < 4.78 is 7.55. The Morgan fingerprint density at radius 3 is 3.12 bits per heavy atom. The molecule has 0 spiro atoms. The largest absolute Gasteiger partial charge is 0.375 e. The molecule has 1 aliphatic rings. The fraction of sp³-hybridized carbons (Fsp3) is 0.444. The van der Waals surface area contributed by atoms with Gasteiger partial charge in [0, 0.05) is 37.6 Å². The second-order valence-corrected chi connectivity index (χ2v) is 6.20. The SMILES string of the molecule is CN1CCO[C@@H](CCNC(=O)c2cccc(Cn3cccn3)c2)C1. The number of rotatable bonds is 6. The van der Waals surface area contributed by atoms with Crippen LogP contribution in [0.3, 0.4) is 0 Å². The third kappa shape index (κ3) is 4.66. The molecule has 1 aromatic heterocycles. The summed E-state index contributed by atoms with van der Waals surface area (Å²) >= 11 is 0. The maximum atomic E-state index is 12.3. The standard InChI is InChI=1S/C18H24N4O2/c1-21-10-11-24-17(14-21)6-8-19-18(23)16-5-2-4-15(12-16)13-22-9-3-7-20-22/h2-5,7,9,12,17H,6,8,10-11,13-14H2,1H3,(H,19,23)/t17-/m0/s1. The molecular formula is C18H24N4O2. The summed E-state index contributed by atoms with van der Waals surface area (Å²) in [7, 11) is 2.10. The van der Waals surface area contributed by atoms with Gasteiger partial charge in [-0.25, -0.2) is 0 Å². The minimum Gasteiger partial charge on any atom is -0.375 e. The topological polar surface area (TPSA) is 59.4 Å². The zero-order valence-electron chi connectivity index (χ0n) is 14.0. The Morgan fingerprint density at radius 1 is 1.42 bits per heavy atom. The van der Waals surface area contributed by atoms with Crippen LogP contribution in [0.15, 0.2) is 42.7 Å². The van der Waals surface area contributed by atoms with Crippen molar-refractivity contribution in [2.24, 2.45) is 0 Å². The molecule has 0 saturated carbocycles. The average Bonchev–Trinajstić information content (AvgIpc) is 3.08. The first-order valence-corrected chi connectivity index (χ1v) is 8.35. The summed E-state index contributed by atoms with van der Waals surface area (Å²) in [5.41, 5.74) is 1.74. The van der Waals surface area contributed by atoms with Crippen LogP contribution in [0.2, 0.25) is 0 Å². The van der Waals surface area contributed by atoms with E-state index < -0.39 is 0 Å². The number of aromatic nitrogens is 2. The van der Waals surface area contributed by atoms with Crippen molar-refractivity contribution in [1.29, 1.82) is 0 Å². The van der Waals surface area contributed by atoms with E-state index in [0.717, 1.165) is 31.7 Å². The lowest BCUT2D eigenvalue weighted by molar-refractivity contribution is -0.0226. The Morgan fingerprint density at radius 2 is 2.33 bits per heavy atom. The van der Waals surface area contributed by atoms with E-state index in [9.17, 15) is 4.79 Å². The highest BCUT2D eigenvalue weighted by Gasteiger charge is 2.17. The van der Waals surface area contributed by atoms with Crippen molar-refractivity contribution in [2.75, 3.05) is 33.3 Å². The van der Waals surface area contributed by atoms with E-state index in [2.05, 4.69) is 22.4 Å². The van der Waals surface area contributed by atoms with Gasteiger partial charge in [-0.1, -0.05) is 12.1 Å². The van der Waals surface area contributed by atoms with Crippen molar-refractivity contribution in [3.05, 3.63) is 53.9 Å². The molecule has 1 atom stereocenters. The van der Waals surface area contributed by atoms with Gasteiger partial charge in [0.15, 0.2) is 0 Å². The van der Waals surface area contributed by atoms with Crippen molar-refractivity contribution in [2.45, 2.75) is 19.1 Å². The monoisotopic (exact) mass is 328 g/mol. The highest BCUT2D eigenvalue weighted by molar-refractivity contribution is 5.94. The summed E-state index contributed by atoms with van der Waals surface area (Å²) in [6.07, 6.45) is 4.70. The minimum absolute atomic E-state index is 0.0403. The fourth-order valence-corrected chi connectivity index (χ4v) is 2.88. The molecule has 2 aromatic rings.